The van der Waals surface area contributed by atoms with E-state index < -0.39 is 9.84 Å². The minimum absolute atomic E-state index is 0.0545. The van der Waals surface area contributed by atoms with Crippen molar-refractivity contribution < 1.29 is 8.42 Å². The van der Waals surface area contributed by atoms with E-state index in [9.17, 15) is 8.42 Å². The van der Waals surface area contributed by atoms with Crippen LogP contribution in [0.2, 0.25) is 0 Å². The summed E-state index contributed by atoms with van der Waals surface area (Å²) in [6, 6.07) is -0.113. The highest BCUT2D eigenvalue weighted by atomic mass is 32.2. The Morgan fingerprint density at radius 3 is 2.73 bits per heavy atom. The standard InChI is InChI=1S/C8H14N4O2S/c1-6(3-8(9)10)12-5-7(4-11-12)15(2,13)14/h4-6H,3H2,1-2H3,(H3,9,10). The Morgan fingerprint density at radius 1 is 1.73 bits per heavy atom. The lowest BCUT2D eigenvalue weighted by Crippen LogP contribution is -2.17. The molecule has 6 nitrogen and oxygen atoms in total. The van der Waals surface area contributed by atoms with Crippen LogP contribution in [0, 0.1) is 5.41 Å². The lowest BCUT2D eigenvalue weighted by atomic mass is 10.2. The number of nitrogens with zero attached hydrogens (tertiary/aromatic N) is 2. The molecular weight excluding hydrogens is 216 g/mol. The van der Waals surface area contributed by atoms with Gasteiger partial charge in [0.25, 0.3) is 0 Å². The zero-order valence-corrected chi connectivity index (χ0v) is 9.45. The van der Waals surface area contributed by atoms with Gasteiger partial charge in [0.05, 0.1) is 18.1 Å². The Kier molecular flexibility index (Phi) is 3.13. The molecule has 0 bridgehead atoms. The first kappa shape index (κ1) is 11.7. The van der Waals surface area contributed by atoms with Gasteiger partial charge in [-0.25, -0.2) is 8.42 Å². The minimum Gasteiger partial charge on any atom is -0.388 e. The van der Waals surface area contributed by atoms with Gasteiger partial charge in [-0.3, -0.25) is 10.1 Å². The molecule has 0 aliphatic heterocycles. The second kappa shape index (κ2) is 4.01. The van der Waals surface area contributed by atoms with Crippen molar-refractivity contribution in [3.63, 3.8) is 0 Å². The van der Waals surface area contributed by atoms with E-state index >= 15 is 0 Å². The second-order valence-corrected chi connectivity index (χ2v) is 5.52. The average molecular weight is 230 g/mol. The first-order valence-electron chi connectivity index (χ1n) is 4.38. The molecule has 0 aliphatic carbocycles. The van der Waals surface area contributed by atoms with Crippen molar-refractivity contribution >= 4 is 15.7 Å². The Bertz CT molecular complexity index is 463. The van der Waals surface area contributed by atoms with E-state index in [2.05, 4.69) is 5.10 Å². The minimum atomic E-state index is -3.21. The van der Waals surface area contributed by atoms with Crippen LogP contribution >= 0.6 is 0 Å². The van der Waals surface area contributed by atoms with Gasteiger partial charge in [-0.05, 0) is 6.92 Å². The van der Waals surface area contributed by atoms with E-state index in [1.54, 1.807) is 0 Å². The smallest absolute Gasteiger partial charge is 0.178 e. The Balaban J connectivity index is 2.90. The molecule has 0 radical (unpaired) electrons. The summed E-state index contributed by atoms with van der Waals surface area (Å²) in [5.41, 5.74) is 5.25. The van der Waals surface area contributed by atoms with Gasteiger partial charge in [-0.2, -0.15) is 5.10 Å². The fraction of sp³-hybridized carbons (Fsp3) is 0.500. The fourth-order valence-corrected chi connectivity index (χ4v) is 1.70. The van der Waals surface area contributed by atoms with Crippen LogP contribution in [0.4, 0.5) is 0 Å². The summed E-state index contributed by atoms with van der Waals surface area (Å²) in [7, 11) is -3.21. The molecular formula is C8H14N4O2S. The van der Waals surface area contributed by atoms with Gasteiger partial charge in [0.1, 0.15) is 4.90 Å². The third-order valence-electron chi connectivity index (χ3n) is 1.97. The van der Waals surface area contributed by atoms with Crippen molar-refractivity contribution in [2.45, 2.75) is 24.3 Å². The van der Waals surface area contributed by atoms with E-state index in [4.69, 9.17) is 11.1 Å². The van der Waals surface area contributed by atoms with Crippen molar-refractivity contribution in [2.24, 2.45) is 5.73 Å². The van der Waals surface area contributed by atoms with E-state index in [0.29, 0.717) is 6.42 Å². The molecule has 15 heavy (non-hydrogen) atoms. The molecule has 0 amide bonds. The predicted molar refractivity (Wildman–Crippen MR) is 56.6 cm³/mol. The number of hydrogen-bond donors (Lipinski definition) is 2. The lowest BCUT2D eigenvalue weighted by Gasteiger charge is -2.09. The number of nitrogens with two attached hydrogens (primary N) is 1. The summed E-state index contributed by atoms with van der Waals surface area (Å²) in [5, 5.41) is 11.0. The van der Waals surface area contributed by atoms with Crippen LogP contribution in [-0.2, 0) is 9.84 Å². The Hall–Kier alpha value is -1.37. The molecule has 1 aromatic rings. The summed E-state index contributed by atoms with van der Waals surface area (Å²) >= 11 is 0. The van der Waals surface area contributed by atoms with Crippen LogP contribution in [0.1, 0.15) is 19.4 Å². The SMILES string of the molecule is CC(CC(=N)N)n1cc(S(C)(=O)=O)cn1. The van der Waals surface area contributed by atoms with E-state index in [1.165, 1.54) is 17.1 Å². The number of nitrogens with one attached hydrogen (secondary N) is 1. The van der Waals surface area contributed by atoms with Crippen LogP contribution in [0.25, 0.3) is 0 Å². The lowest BCUT2D eigenvalue weighted by molar-refractivity contribution is 0.504. The zero-order chi connectivity index (χ0) is 11.6. The fourth-order valence-electron chi connectivity index (χ4n) is 1.16. The van der Waals surface area contributed by atoms with Gasteiger partial charge in [-0.1, -0.05) is 0 Å². The normalized spacial score (nSPS) is 13.7. The maximum Gasteiger partial charge on any atom is 0.178 e. The molecule has 3 N–H and O–H groups in total. The second-order valence-electron chi connectivity index (χ2n) is 3.51. The Labute approximate surface area is 88.5 Å². The average Bonchev–Trinajstić information content (AvgIpc) is 2.48. The van der Waals surface area contributed by atoms with Crippen molar-refractivity contribution in [3.8, 4) is 0 Å². The monoisotopic (exact) mass is 230 g/mol. The van der Waals surface area contributed by atoms with Crippen molar-refractivity contribution in [3.05, 3.63) is 12.4 Å². The van der Waals surface area contributed by atoms with Crippen LogP contribution in [0.15, 0.2) is 17.3 Å². The van der Waals surface area contributed by atoms with Gasteiger partial charge < -0.3 is 5.73 Å². The number of hydrogen-bond acceptors (Lipinski definition) is 4. The molecule has 1 rings (SSSR count). The van der Waals surface area contributed by atoms with Crippen LogP contribution in [0.5, 0.6) is 0 Å². The van der Waals surface area contributed by atoms with Gasteiger partial charge in [-0.15, -0.1) is 0 Å². The van der Waals surface area contributed by atoms with Gasteiger partial charge >= 0.3 is 0 Å². The highest BCUT2D eigenvalue weighted by molar-refractivity contribution is 7.90. The molecule has 0 aliphatic rings. The highest BCUT2D eigenvalue weighted by Crippen LogP contribution is 2.13. The predicted octanol–water partition coefficient (Wildman–Crippen LogP) is 0.174. The van der Waals surface area contributed by atoms with Crippen LogP contribution in [0.3, 0.4) is 0 Å². The summed E-state index contributed by atoms with van der Waals surface area (Å²) in [5.74, 6) is 0.0545. The largest absolute Gasteiger partial charge is 0.388 e. The summed E-state index contributed by atoms with van der Waals surface area (Å²) in [4.78, 5) is 0.179. The molecule has 1 unspecified atom stereocenters. The topological polar surface area (TPSA) is 102 Å². The molecule has 1 atom stereocenters. The van der Waals surface area contributed by atoms with Gasteiger partial charge in [0, 0.05) is 18.9 Å². The number of aromatic nitrogens is 2. The molecule has 1 aromatic heterocycles. The molecule has 1 heterocycles. The van der Waals surface area contributed by atoms with Crippen LogP contribution < -0.4 is 5.73 Å². The van der Waals surface area contributed by atoms with Crippen molar-refractivity contribution in [2.75, 3.05) is 6.26 Å². The number of sulfone groups is 1. The van der Waals surface area contributed by atoms with Crippen LogP contribution in [-0.4, -0.2) is 30.3 Å². The first-order valence-corrected chi connectivity index (χ1v) is 6.27. The summed E-state index contributed by atoms with van der Waals surface area (Å²) < 4.78 is 23.8. The maximum atomic E-state index is 11.2. The van der Waals surface area contributed by atoms with Gasteiger partial charge in [0.2, 0.25) is 0 Å². The molecule has 84 valence electrons. The van der Waals surface area contributed by atoms with Crippen molar-refractivity contribution in [1.29, 1.82) is 5.41 Å². The molecule has 7 heteroatoms. The Morgan fingerprint density at radius 2 is 2.33 bits per heavy atom. The van der Waals surface area contributed by atoms with Crippen molar-refractivity contribution in [1.82, 2.24) is 9.78 Å². The molecule has 0 saturated carbocycles. The highest BCUT2D eigenvalue weighted by Gasteiger charge is 2.13. The van der Waals surface area contributed by atoms with E-state index in [1.807, 2.05) is 6.92 Å². The molecule has 0 aromatic carbocycles. The number of rotatable bonds is 4. The number of amidine groups is 1. The third-order valence-corrected chi connectivity index (χ3v) is 3.04. The maximum absolute atomic E-state index is 11.2. The van der Waals surface area contributed by atoms with Gasteiger partial charge in [0.15, 0.2) is 9.84 Å². The molecule has 0 fully saturated rings. The summed E-state index contributed by atoms with van der Waals surface area (Å²) in [6.45, 7) is 1.82. The summed E-state index contributed by atoms with van der Waals surface area (Å²) in [6.07, 6.45) is 4.23. The van der Waals surface area contributed by atoms with E-state index in [-0.39, 0.29) is 16.8 Å². The quantitative estimate of drug-likeness (QED) is 0.568. The molecule has 0 spiro atoms. The molecule has 0 saturated heterocycles. The van der Waals surface area contributed by atoms with E-state index in [0.717, 1.165) is 6.26 Å². The first-order chi connectivity index (χ1) is 6.80. The zero-order valence-electron chi connectivity index (χ0n) is 8.64. The third kappa shape index (κ3) is 3.05.